The maximum absolute atomic E-state index is 12.6. The third kappa shape index (κ3) is 5.56. The van der Waals surface area contributed by atoms with Gasteiger partial charge in [0.15, 0.2) is 0 Å². The van der Waals surface area contributed by atoms with Gasteiger partial charge in [0.2, 0.25) is 11.8 Å². The van der Waals surface area contributed by atoms with Gasteiger partial charge in [0.1, 0.15) is 6.04 Å². The molecule has 1 aromatic rings. The Morgan fingerprint density at radius 3 is 2.64 bits per heavy atom. The highest BCUT2D eigenvalue weighted by Crippen LogP contribution is 2.19. The van der Waals surface area contributed by atoms with E-state index in [4.69, 9.17) is 4.74 Å². The molecule has 0 unspecified atom stereocenters. The third-order valence-electron chi connectivity index (χ3n) is 4.57. The Balaban J connectivity index is 1.98. The first-order chi connectivity index (χ1) is 12.0. The lowest BCUT2D eigenvalue weighted by Crippen LogP contribution is -2.51. The molecule has 5 heteroatoms. The van der Waals surface area contributed by atoms with Crippen LogP contribution in [-0.4, -0.2) is 35.4 Å². The average Bonchev–Trinajstić information content (AvgIpc) is 2.64. The standard InChI is InChI=1S/C20H30N2O3/c1-4-19(23)22-12-8-7-11-18(22)20(24)21-13-16-9-5-6-10-17(16)14-25-15(2)3/h5-6,9-10,15,18H,4,7-8,11-14H2,1-3H3,(H,21,24)/t18-/m1/s1. The van der Waals surface area contributed by atoms with Gasteiger partial charge in [0.25, 0.3) is 0 Å². The highest BCUT2D eigenvalue weighted by atomic mass is 16.5. The molecule has 1 heterocycles. The summed E-state index contributed by atoms with van der Waals surface area (Å²) in [6, 6.07) is 7.65. The second-order valence-corrected chi connectivity index (χ2v) is 6.80. The minimum absolute atomic E-state index is 0.0546. The number of rotatable bonds is 7. The number of carbonyl (C=O) groups is 2. The molecule has 0 aliphatic carbocycles. The molecule has 1 atom stereocenters. The molecule has 0 aromatic heterocycles. The van der Waals surface area contributed by atoms with E-state index in [9.17, 15) is 9.59 Å². The molecular formula is C20H30N2O3. The Morgan fingerprint density at radius 2 is 1.96 bits per heavy atom. The number of benzene rings is 1. The van der Waals surface area contributed by atoms with Crippen molar-refractivity contribution in [1.29, 1.82) is 0 Å². The summed E-state index contributed by atoms with van der Waals surface area (Å²) >= 11 is 0. The smallest absolute Gasteiger partial charge is 0.243 e. The van der Waals surface area contributed by atoms with Gasteiger partial charge in [-0.15, -0.1) is 0 Å². The highest BCUT2D eigenvalue weighted by Gasteiger charge is 2.31. The van der Waals surface area contributed by atoms with Gasteiger partial charge < -0.3 is 15.0 Å². The van der Waals surface area contributed by atoms with Crippen molar-refractivity contribution in [3.8, 4) is 0 Å². The zero-order valence-electron chi connectivity index (χ0n) is 15.6. The molecular weight excluding hydrogens is 316 g/mol. The second kappa shape index (κ2) is 9.56. The molecule has 25 heavy (non-hydrogen) atoms. The predicted molar refractivity (Wildman–Crippen MR) is 97.9 cm³/mol. The molecule has 5 nitrogen and oxygen atoms in total. The van der Waals surface area contributed by atoms with Crippen LogP contribution in [0, 0.1) is 0 Å². The van der Waals surface area contributed by atoms with E-state index in [1.54, 1.807) is 4.90 Å². The normalized spacial score (nSPS) is 17.6. The minimum atomic E-state index is -0.333. The molecule has 0 spiro atoms. The molecule has 138 valence electrons. The number of amides is 2. The molecule has 1 aromatic carbocycles. The van der Waals surface area contributed by atoms with E-state index in [0.29, 0.717) is 26.1 Å². The first-order valence-electron chi connectivity index (χ1n) is 9.28. The lowest BCUT2D eigenvalue weighted by Gasteiger charge is -2.34. The first-order valence-corrected chi connectivity index (χ1v) is 9.28. The van der Waals surface area contributed by atoms with Crippen LogP contribution in [0.25, 0.3) is 0 Å². The summed E-state index contributed by atoms with van der Waals surface area (Å²) in [6.45, 7) is 7.54. The number of piperidine rings is 1. The minimum Gasteiger partial charge on any atom is -0.374 e. The molecule has 1 saturated heterocycles. The third-order valence-corrected chi connectivity index (χ3v) is 4.57. The van der Waals surface area contributed by atoms with Gasteiger partial charge >= 0.3 is 0 Å². The summed E-state index contributed by atoms with van der Waals surface area (Å²) in [5, 5.41) is 3.02. The zero-order chi connectivity index (χ0) is 18.2. The summed E-state index contributed by atoms with van der Waals surface area (Å²) in [5.41, 5.74) is 2.14. The average molecular weight is 346 g/mol. The number of carbonyl (C=O) groups excluding carboxylic acids is 2. The second-order valence-electron chi connectivity index (χ2n) is 6.80. The van der Waals surface area contributed by atoms with E-state index in [1.165, 1.54) is 0 Å². The zero-order valence-corrected chi connectivity index (χ0v) is 15.6. The molecule has 1 aliphatic heterocycles. The van der Waals surface area contributed by atoms with E-state index in [-0.39, 0.29) is 24.0 Å². The highest BCUT2D eigenvalue weighted by molar-refractivity contribution is 5.87. The van der Waals surface area contributed by atoms with Gasteiger partial charge in [-0.2, -0.15) is 0 Å². The van der Waals surface area contributed by atoms with Crippen molar-refractivity contribution in [2.75, 3.05) is 6.54 Å². The topological polar surface area (TPSA) is 58.6 Å². The van der Waals surface area contributed by atoms with Crippen molar-refractivity contribution >= 4 is 11.8 Å². The van der Waals surface area contributed by atoms with Gasteiger partial charge in [0.05, 0.1) is 12.7 Å². The van der Waals surface area contributed by atoms with Crippen LogP contribution in [0.5, 0.6) is 0 Å². The lowest BCUT2D eigenvalue weighted by molar-refractivity contribution is -0.142. The number of hydrogen-bond acceptors (Lipinski definition) is 3. The molecule has 2 rings (SSSR count). The largest absolute Gasteiger partial charge is 0.374 e. The molecule has 1 fully saturated rings. The van der Waals surface area contributed by atoms with Crippen LogP contribution in [0.2, 0.25) is 0 Å². The van der Waals surface area contributed by atoms with Gasteiger partial charge in [-0.3, -0.25) is 9.59 Å². The molecule has 1 N–H and O–H groups in total. The number of nitrogens with zero attached hydrogens (tertiary/aromatic N) is 1. The van der Waals surface area contributed by atoms with E-state index in [0.717, 1.165) is 30.4 Å². The fourth-order valence-corrected chi connectivity index (χ4v) is 3.13. The Morgan fingerprint density at radius 1 is 1.24 bits per heavy atom. The van der Waals surface area contributed by atoms with Gasteiger partial charge in [0, 0.05) is 19.5 Å². The van der Waals surface area contributed by atoms with Crippen molar-refractivity contribution in [2.45, 2.75) is 71.8 Å². The summed E-state index contributed by atoms with van der Waals surface area (Å²) in [4.78, 5) is 26.5. The molecule has 0 saturated carbocycles. The monoisotopic (exact) mass is 346 g/mol. The fraction of sp³-hybridized carbons (Fsp3) is 0.600. The van der Waals surface area contributed by atoms with Crippen LogP contribution in [-0.2, 0) is 27.5 Å². The number of likely N-dealkylation sites (tertiary alicyclic amines) is 1. The maximum atomic E-state index is 12.6. The molecule has 0 bridgehead atoms. The van der Waals surface area contributed by atoms with Crippen LogP contribution in [0.1, 0.15) is 57.6 Å². The predicted octanol–water partition coefficient (Wildman–Crippen LogP) is 3.02. The summed E-state index contributed by atoms with van der Waals surface area (Å²) in [7, 11) is 0. The van der Waals surface area contributed by atoms with E-state index in [2.05, 4.69) is 5.32 Å². The van der Waals surface area contributed by atoms with Crippen LogP contribution in [0.15, 0.2) is 24.3 Å². The quantitative estimate of drug-likeness (QED) is 0.826. The molecule has 2 amide bonds. The van der Waals surface area contributed by atoms with E-state index < -0.39 is 0 Å². The number of hydrogen-bond donors (Lipinski definition) is 1. The van der Waals surface area contributed by atoms with Crippen LogP contribution in [0.3, 0.4) is 0 Å². The van der Waals surface area contributed by atoms with Gasteiger partial charge in [-0.05, 0) is 44.2 Å². The first kappa shape index (κ1) is 19.4. The molecule has 1 aliphatic rings. The Kier molecular flexibility index (Phi) is 7.44. The summed E-state index contributed by atoms with van der Waals surface area (Å²) in [5.74, 6) is 0.00617. The van der Waals surface area contributed by atoms with Crippen molar-refractivity contribution in [2.24, 2.45) is 0 Å². The van der Waals surface area contributed by atoms with Crippen molar-refractivity contribution in [1.82, 2.24) is 10.2 Å². The number of nitrogens with one attached hydrogen (secondary N) is 1. The van der Waals surface area contributed by atoms with Crippen molar-refractivity contribution in [3.63, 3.8) is 0 Å². The van der Waals surface area contributed by atoms with E-state index in [1.807, 2.05) is 45.0 Å². The van der Waals surface area contributed by atoms with Crippen LogP contribution in [0.4, 0.5) is 0 Å². The van der Waals surface area contributed by atoms with Gasteiger partial charge in [-0.1, -0.05) is 31.2 Å². The van der Waals surface area contributed by atoms with Crippen molar-refractivity contribution in [3.05, 3.63) is 35.4 Å². The van der Waals surface area contributed by atoms with Crippen molar-refractivity contribution < 1.29 is 14.3 Å². The summed E-state index contributed by atoms with van der Waals surface area (Å²) < 4.78 is 5.69. The van der Waals surface area contributed by atoms with Crippen LogP contribution < -0.4 is 5.32 Å². The Labute approximate surface area is 150 Å². The summed E-state index contributed by atoms with van der Waals surface area (Å²) in [6.07, 6.45) is 3.32. The van der Waals surface area contributed by atoms with E-state index >= 15 is 0 Å². The maximum Gasteiger partial charge on any atom is 0.243 e. The lowest BCUT2D eigenvalue weighted by atomic mass is 10.0. The van der Waals surface area contributed by atoms with Gasteiger partial charge in [-0.25, -0.2) is 0 Å². The van der Waals surface area contributed by atoms with Crippen LogP contribution >= 0.6 is 0 Å². The number of ether oxygens (including phenoxy) is 1. The SMILES string of the molecule is CCC(=O)N1CCCC[C@@H]1C(=O)NCc1ccccc1COC(C)C. The Bertz CT molecular complexity index is 586. The molecule has 0 radical (unpaired) electrons. The Hall–Kier alpha value is -1.88. The fourth-order valence-electron chi connectivity index (χ4n) is 3.13.